The molecule has 0 amide bonds. The molecule has 1 aliphatic carbocycles. The van der Waals surface area contributed by atoms with Crippen molar-refractivity contribution in [3.05, 3.63) is 35.2 Å². The zero-order chi connectivity index (χ0) is 22.1. The summed E-state index contributed by atoms with van der Waals surface area (Å²) in [5.74, 6) is 2.88. The fraction of sp³-hybridized carbons (Fsp3) is 0.609. The average molecular weight is 573 g/mol. The van der Waals surface area contributed by atoms with Crippen LogP contribution in [0, 0.1) is 6.92 Å². The maximum absolute atomic E-state index is 5.47. The van der Waals surface area contributed by atoms with Gasteiger partial charge in [0.2, 0.25) is 0 Å². The molecule has 2 aromatic rings. The number of rotatable bonds is 10. The Morgan fingerprint density at radius 1 is 1.19 bits per heavy atom. The zero-order valence-electron chi connectivity index (χ0n) is 19.7. The van der Waals surface area contributed by atoms with Gasteiger partial charge in [0.05, 0.1) is 7.11 Å². The molecule has 0 spiro atoms. The summed E-state index contributed by atoms with van der Waals surface area (Å²) in [5, 5.41) is 16.8. The maximum Gasteiger partial charge on any atom is 0.191 e. The molecule has 2 N–H and O–H groups in total. The van der Waals surface area contributed by atoms with Gasteiger partial charge in [-0.2, -0.15) is 0 Å². The van der Waals surface area contributed by atoms with Crippen molar-refractivity contribution in [1.29, 1.82) is 0 Å². The highest BCUT2D eigenvalue weighted by Gasteiger charge is 2.23. The summed E-state index contributed by atoms with van der Waals surface area (Å²) < 4.78 is 7.86. The molecule has 0 bridgehead atoms. The van der Waals surface area contributed by atoms with E-state index < -0.39 is 0 Å². The first kappa shape index (κ1) is 26.8. The number of nitrogens with zero attached hydrogens (tertiary/aromatic N) is 4. The third-order valence-corrected chi connectivity index (χ3v) is 6.47. The van der Waals surface area contributed by atoms with Crippen LogP contribution in [0.15, 0.2) is 28.3 Å². The highest BCUT2D eigenvalue weighted by atomic mass is 127. The second-order valence-electron chi connectivity index (χ2n) is 8.01. The number of thioether (sulfide) groups is 1. The first-order chi connectivity index (χ1) is 15.2. The van der Waals surface area contributed by atoms with E-state index in [0.717, 1.165) is 55.0 Å². The van der Waals surface area contributed by atoms with E-state index in [1.807, 2.05) is 13.1 Å². The molecule has 1 fully saturated rings. The Kier molecular flexibility index (Phi) is 11.6. The molecular weight excluding hydrogens is 535 g/mol. The van der Waals surface area contributed by atoms with Crippen molar-refractivity contribution in [3.63, 3.8) is 0 Å². The maximum atomic E-state index is 5.47. The Hall–Kier alpha value is -1.49. The summed E-state index contributed by atoms with van der Waals surface area (Å²) >= 11 is 1.70. The Labute approximate surface area is 213 Å². The number of ether oxygens (including phenoxy) is 1. The minimum atomic E-state index is 0. The summed E-state index contributed by atoms with van der Waals surface area (Å²) in [6.07, 6.45) is 10.0. The van der Waals surface area contributed by atoms with Gasteiger partial charge < -0.3 is 19.9 Å². The van der Waals surface area contributed by atoms with Crippen LogP contribution in [-0.2, 0) is 12.8 Å². The standard InChI is InChI=1S/C23H36N6OS.HI/c1-17-11-12-20(30-3)18(16-17)13-15-26-22(24-2)25-14-7-10-21-27-28-23(31-4)29(21)19-8-5-6-9-19;/h11-12,16,19H,5-10,13-15H2,1-4H3,(H2,24,25,26);1H. The molecule has 3 rings (SSSR count). The molecule has 0 unspecified atom stereocenters. The van der Waals surface area contributed by atoms with Crippen molar-refractivity contribution in [3.8, 4) is 5.75 Å². The Morgan fingerprint density at radius 2 is 1.94 bits per heavy atom. The van der Waals surface area contributed by atoms with E-state index in [2.05, 4.69) is 55.7 Å². The molecule has 0 saturated heterocycles. The van der Waals surface area contributed by atoms with Crippen LogP contribution >= 0.6 is 35.7 Å². The van der Waals surface area contributed by atoms with E-state index in [4.69, 9.17) is 4.74 Å². The fourth-order valence-corrected chi connectivity index (χ4v) is 4.81. The van der Waals surface area contributed by atoms with Gasteiger partial charge in [-0.25, -0.2) is 0 Å². The van der Waals surface area contributed by atoms with Gasteiger partial charge in [0, 0.05) is 32.6 Å². The smallest absolute Gasteiger partial charge is 0.191 e. The first-order valence-corrected chi connectivity index (χ1v) is 12.4. The minimum Gasteiger partial charge on any atom is -0.496 e. The number of nitrogens with one attached hydrogen (secondary N) is 2. The fourth-order valence-electron chi connectivity index (χ4n) is 4.24. The molecule has 9 heteroatoms. The van der Waals surface area contributed by atoms with Crippen LogP contribution in [0.3, 0.4) is 0 Å². The van der Waals surface area contributed by atoms with Crippen molar-refractivity contribution in [1.82, 2.24) is 25.4 Å². The van der Waals surface area contributed by atoms with Gasteiger partial charge in [0.1, 0.15) is 11.6 Å². The van der Waals surface area contributed by atoms with E-state index in [-0.39, 0.29) is 24.0 Å². The monoisotopic (exact) mass is 572 g/mol. The second-order valence-corrected chi connectivity index (χ2v) is 8.78. The van der Waals surface area contributed by atoms with Gasteiger partial charge in [-0.1, -0.05) is 42.3 Å². The van der Waals surface area contributed by atoms with Gasteiger partial charge in [0.15, 0.2) is 11.1 Å². The van der Waals surface area contributed by atoms with Crippen LogP contribution in [0.2, 0.25) is 0 Å². The number of methoxy groups -OCH3 is 1. The van der Waals surface area contributed by atoms with Gasteiger partial charge in [-0.15, -0.1) is 34.2 Å². The number of hydrogen-bond acceptors (Lipinski definition) is 5. The summed E-state index contributed by atoms with van der Waals surface area (Å²) in [4.78, 5) is 4.35. The van der Waals surface area contributed by atoms with Crippen LogP contribution in [0.4, 0.5) is 0 Å². The average Bonchev–Trinajstić information content (AvgIpc) is 3.44. The number of aliphatic imine (C=N–C) groups is 1. The van der Waals surface area contributed by atoms with Crippen LogP contribution in [-0.4, -0.2) is 54.2 Å². The van der Waals surface area contributed by atoms with Gasteiger partial charge in [0.25, 0.3) is 0 Å². The molecule has 7 nitrogen and oxygen atoms in total. The van der Waals surface area contributed by atoms with Crippen molar-refractivity contribution in [2.24, 2.45) is 4.99 Å². The number of aryl methyl sites for hydroxylation is 2. The summed E-state index contributed by atoms with van der Waals surface area (Å²) in [6, 6.07) is 6.87. The highest BCUT2D eigenvalue weighted by molar-refractivity contribution is 14.0. The number of halogens is 1. The van der Waals surface area contributed by atoms with Gasteiger partial charge >= 0.3 is 0 Å². The molecule has 1 saturated carbocycles. The van der Waals surface area contributed by atoms with Crippen LogP contribution in [0.1, 0.15) is 55.1 Å². The lowest BCUT2D eigenvalue weighted by Gasteiger charge is -2.16. The number of guanidine groups is 1. The first-order valence-electron chi connectivity index (χ1n) is 11.2. The summed E-state index contributed by atoms with van der Waals surface area (Å²) in [6.45, 7) is 3.75. The second kappa shape index (κ2) is 13.9. The Balaban J connectivity index is 0.00000363. The lowest BCUT2D eigenvalue weighted by atomic mass is 10.1. The normalized spacial score (nSPS) is 14.3. The van der Waals surface area contributed by atoms with Crippen molar-refractivity contribution < 1.29 is 4.74 Å². The number of hydrogen-bond donors (Lipinski definition) is 2. The third kappa shape index (κ3) is 7.26. The van der Waals surface area contributed by atoms with Crippen molar-refractivity contribution in [2.45, 2.75) is 63.1 Å². The Morgan fingerprint density at radius 3 is 2.62 bits per heavy atom. The van der Waals surface area contributed by atoms with E-state index in [9.17, 15) is 0 Å². The van der Waals surface area contributed by atoms with Gasteiger partial charge in [-0.3, -0.25) is 4.99 Å². The third-order valence-electron chi connectivity index (χ3n) is 5.82. The predicted molar refractivity (Wildman–Crippen MR) is 144 cm³/mol. The minimum absolute atomic E-state index is 0. The lowest BCUT2D eigenvalue weighted by Crippen LogP contribution is -2.38. The quantitative estimate of drug-likeness (QED) is 0.145. The van der Waals surface area contributed by atoms with Crippen molar-refractivity contribution in [2.75, 3.05) is 33.5 Å². The van der Waals surface area contributed by atoms with E-state index >= 15 is 0 Å². The molecule has 1 aromatic carbocycles. The SMILES string of the molecule is CN=C(NCCCc1nnc(SC)n1C1CCCC1)NCCc1cc(C)ccc1OC.I. The van der Waals surface area contributed by atoms with Crippen LogP contribution < -0.4 is 15.4 Å². The molecule has 178 valence electrons. The molecule has 0 aliphatic heterocycles. The molecule has 1 aromatic heterocycles. The highest BCUT2D eigenvalue weighted by Crippen LogP contribution is 2.33. The van der Waals surface area contributed by atoms with E-state index in [1.54, 1.807) is 18.9 Å². The molecule has 0 radical (unpaired) electrons. The molecular formula is C23H37IN6OS. The summed E-state index contributed by atoms with van der Waals surface area (Å²) in [7, 11) is 3.53. The van der Waals surface area contributed by atoms with E-state index in [0.29, 0.717) is 6.04 Å². The summed E-state index contributed by atoms with van der Waals surface area (Å²) in [5.41, 5.74) is 2.45. The molecule has 1 heterocycles. The Bertz CT molecular complexity index is 866. The lowest BCUT2D eigenvalue weighted by molar-refractivity contribution is 0.409. The molecule has 1 aliphatic rings. The van der Waals surface area contributed by atoms with Gasteiger partial charge in [-0.05, 0) is 50.5 Å². The van der Waals surface area contributed by atoms with Crippen LogP contribution in [0.25, 0.3) is 0 Å². The topological polar surface area (TPSA) is 76.4 Å². The number of aromatic nitrogens is 3. The van der Waals surface area contributed by atoms with E-state index in [1.165, 1.54) is 36.8 Å². The molecule has 32 heavy (non-hydrogen) atoms. The molecule has 0 atom stereocenters. The largest absolute Gasteiger partial charge is 0.496 e. The predicted octanol–water partition coefficient (Wildman–Crippen LogP) is 4.39. The number of benzene rings is 1. The van der Waals surface area contributed by atoms with Crippen LogP contribution in [0.5, 0.6) is 5.75 Å². The van der Waals surface area contributed by atoms with Crippen molar-refractivity contribution >= 4 is 41.7 Å². The zero-order valence-corrected chi connectivity index (χ0v) is 22.8.